The summed E-state index contributed by atoms with van der Waals surface area (Å²) < 4.78 is 35.9. The number of nitrogens with one attached hydrogen (secondary N) is 1. The molecule has 1 aliphatic heterocycles. The van der Waals surface area contributed by atoms with Gasteiger partial charge in [0, 0.05) is 25.2 Å². The van der Waals surface area contributed by atoms with E-state index >= 15 is 0 Å². The van der Waals surface area contributed by atoms with Crippen LogP contribution < -0.4 is 14.8 Å². The largest absolute Gasteiger partial charge is 0.495 e. The van der Waals surface area contributed by atoms with Gasteiger partial charge in [-0.1, -0.05) is 11.6 Å². The van der Waals surface area contributed by atoms with Crippen molar-refractivity contribution in [2.24, 2.45) is 5.92 Å². The van der Waals surface area contributed by atoms with Gasteiger partial charge in [0.1, 0.15) is 11.5 Å². The van der Waals surface area contributed by atoms with Crippen molar-refractivity contribution in [1.29, 1.82) is 0 Å². The number of hydrogen-bond donors (Lipinski definition) is 1. The van der Waals surface area contributed by atoms with Gasteiger partial charge in [-0.25, -0.2) is 12.7 Å². The third kappa shape index (κ3) is 4.56. The zero-order chi connectivity index (χ0) is 18.6. The fourth-order valence-electron chi connectivity index (χ4n) is 2.78. The Kier molecular flexibility index (Phi) is 6.53. The lowest BCUT2D eigenvalue weighted by Crippen LogP contribution is -2.44. The number of carbonyl (C=O) groups is 1. The Morgan fingerprint density at radius 2 is 2.00 bits per heavy atom. The predicted octanol–water partition coefficient (Wildman–Crippen LogP) is 2.36. The monoisotopic (exact) mass is 390 g/mol. The van der Waals surface area contributed by atoms with E-state index in [9.17, 15) is 13.2 Å². The predicted molar refractivity (Wildman–Crippen MR) is 96.9 cm³/mol. The molecule has 2 rings (SSSR count). The van der Waals surface area contributed by atoms with E-state index in [0.29, 0.717) is 41.6 Å². The van der Waals surface area contributed by atoms with Crippen LogP contribution in [-0.2, 0) is 14.8 Å². The van der Waals surface area contributed by atoms with E-state index in [0.717, 1.165) is 0 Å². The molecule has 1 heterocycles. The van der Waals surface area contributed by atoms with Crippen LogP contribution in [0.5, 0.6) is 11.5 Å². The molecule has 1 aromatic carbocycles. The number of sulfonamides is 1. The number of benzene rings is 1. The summed E-state index contributed by atoms with van der Waals surface area (Å²) in [6, 6.07) is 3.15. The average molecular weight is 391 g/mol. The van der Waals surface area contributed by atoms with Crippen molar-refractivity contribution in [2.75, 3.05) is 38.4 Å². The summed E-state index contributed by atoms with van der Waals surface area (Å²) in [7, 11) is -0.342. The van der Waals surface area contributed by atoms with E-state index < -0.39 is 15.9 Å². The molecule has 0 aliphatic carbocycles. The SMILES string of the molecule is CCS(=O)(=O)N1CCCC(C(=O)Nc2cc(OC)c(Cl)cc2OC)C1. The van der Waals surface area contributed by atoms with Crippen molar-refractivity contribution in [3.05, 3.63) is 17.2 Å². The Hall–Kier alpha value is -1.51. The van der Waals surface area contributed by atoms with Crippen molar-refractivity contribution in [3.8, 4) is 11.5 Å². The molecule has 1 amide bonds. The highest BCUT2D eigenvalue weighted by Crippen LogP contribution is 2.36. The van der Waals surface area contributed by atoms with Crippen LogP contribution in [0, 0.1) is 5.92 Å². The van der Waals surface area contributed by atoms with Gasteiger partial charge < -0.3 is 14.8 Å². The van der Waals surface area contributed by atoms with Gasteiger partial charge in [0.25, 0.3) is 0 Å². The van der Waals surface area contributed by atoms with E-state index in [1.54, 1.807) is 19.1 Å². The number of amides is 1. The first kappa shape index (κ1) is 19.8. The number of anilines is 1. The zero-order valence-electron chi connectivity index (χ0n) is 14.5. The number of halogens is 1. The maximum atomic E-state index is 12.6. The number of ether oxygens (including phenoxy) is 2. The van der Waals surface area contributed by atoms with Gasteiger partial charge in [-0.3, -0.25) is 4.79 Å². The van der Waals surface area contributed by atoms with E-state index in [4.69, 9.17) is 21.1 Å². The zero-order valence-corrected chi connectivity index (χ0v) is 16.1. The summed E-state index contributed by atoms with van der Waals surface area (Å²) >= 11 is 6.06. The van der Waals surface area contributed by atoms with Gasteiger partial charge in [0.15, 0.2) is 0 Å². The summed E-state index contributed by atoms with van der Waals surface area (Å²) in [6.45, 7) is 2.25. The van der Waals surface area contributed by atoms with Gasteiger partial charge in [0.2, 0.25) is 15.9 Å². The number of methoxy groups -OCH3 is 2. The molecule has 0 bridgehead atoms. The summed E-state index contributed by atoms with van der Waals surface area (Å²) in [5.74, 6) is 0.188. The standard InChI is InChI=1S/C16H23ClN2O5S/c1-4-25(21,22)19-7-5-6-11(10-19)16(20)18-13-9-14(23-2)12(17)8-15(13)24-3/h8-9,11H,4-7,10H2,1-3H3,(H,18,20). The second-order valence-corrected chi connectivity index (χ2v) is 8.44. The molecular weight excluding hydrogens is 368 g/mol. The molecule has 7 nitrogen and oxygen atoms in total. The molecule has 1 aliphatic rings. The van der Waals surface area contributed by atoms with Crippen molar-refractivity contribution >= 4 is 33.2 Å². The maximum Gasteiger partial charge on any atom is 0.228 e. The van der Waals surface area contributed by atoms with E-state index in [2.05, 4.69) is 5.32 Å². The molecule has 25 heavy (non-hydrogen) atoms. The molecule has 140 valence electrons. The third-order valence-electron chi connectivity index (χ3n) is 4.24. The van der Waals surface area contributed by atoms with Crippen molar-refractivity contribution in [1.82, 2.24) is 4.31 Å². The quantitative estimate of drug-likeness (QED) is 0.805. The molecule has 9 heteroatoms. The van der Waals surface area contributed by atoms with E-state index in [1.807, 2.05) is 0 Å². The summed E-state index contributed by atoms with van der Waals surface area (Å²) in [5.41, 5.74) is 0.434. The first-order valence-corrected chi connectivity index (χ1v) is 10.0. The smallest absolute Gasteiger partial charge is 0.228 e. The van der Waals surface area contributed by atoms with Crippen LogP contribution in [0.2, 0.25) is 5.02 Å². The van der Waals surface area contributed by atoms with Gasteiger partial charge >= 0.3 is 0 Å². The molecule has 1 aromatic rings. The van der Waals surface area contributed by atoms with Crippen LogP contribution in [0.4, 0.5) is 5.69 Å². The number of nitrogens with zero attached hydrogens (tertiary/aromatic N) is 1. The highest BCUT2D eigenvalue weighted by molar-refractivity contribution is 7.89. The Morgan fingerprint density at radius 3 is 2.60 bits per heavy atom. The Morgan fingerprint density at radius 1 is 1.32 bits per heavy atom. The lowest BCUT2D eigenvalue weighted by atomic mass is 9.98. The van der Waals surface area contributed by atoms with Crippen molar-refractivity contribution in [3.63, 3.8) is 0 Å². The Balaban J connectivity index is 2.16. The van der Waals surface area contributed by atoms with E-state index in [-0.39, 0.29) is 18.2 Å². The molecule has 0 saturated carbocycles. The summed E-state index contributed by atoms with van der Waals surface area (Å²) in [4.78, 5) is 12.6. The maximum absolute atomic E-state index is 12.6. The second-order valence-electron chi connectivity index (χ2n) is 5.77. The molecular formula is C16H23ClN2O5S. The van der Waals surface area contributed by atoms with Crippen LogP contribution in [0.3, 0.4) is 0 Å². The highest BCUT2D eigenvalue weighted by atomic mass is 35.5. The van der Waals surface area contributed by atoms with Crippen LogP contribution in [0.1, 0.15) is 19.8 Å². The molecule has 0 radical (unpaired) electrons. The minimum Gasteiger partial charge on any atom is -0.495 e. The third-order valence-corrected chi connectivity index (χ3v) is 6.39. The summed E-state index contributed by atoms with van der Waals surface area (Å²) in [5, 5.41) is 3.17. The Labute approximate surface area is 153 Å². The van der Waals surface area contributed by atoms with Gasteiger partial charge in [-0.15, -0.1) is 0 Å². The van der Waals surface area contributed by atoms with Crippen LogP contribution in [-0.4, -0.2) is 51.7 Å². The van der Waals surface area contributed by atoms with Gasteiger partial charge in [0.05, 0.1) is 36.6 Å². The molecule has 0 spiro atoms. The van der Waals surface area contributed by atoms with Gasteiger partial charge in [-0.2, -0.15) is 0 Å². The summed E-state index contributed by atoms with van der Waals surface area (Å²) in [6.07, 6.45) is 1.28. The molecule has 1 atom stereocenters. The van der Waals surface area contributed by atoms with Crippen molar-refractivity contribution in [2.45, 2.75) is 19.8 Å². The fourth-order valence-corrected chi connectivity index (χ4v) is 4.19. The van der Waals surface area contributed by atoms with Crippen molar-refractivity contribution < 1.29 is 22.7 Å². The van der Waals surface area contributed by atoms with E-state index in [1.165, 1.54) is 18.5 Å². The molecule has 1 saturated heterocycles. The Bertz CT molecular complexity index is 738. The topological polar surface area (TPSA) is 84.9 Å². The average Bonchev–Trinajstić information content (AvgIpc) is 2.62. The number of carbonyl (C=O) groups excluding carboxylic acids is 1. The van der Waals surface area contributed by atoms with Crippen LogP contribution in [0.25, 0.3) is 0 Å². The molecule has 0 aromatic heterocycles. The first-order chi connectivity index (χ1) is 11.8. The second kappa shape index (κ2) is 8.25. The fraction of sp³-hybridized carbons (Fsp3) is 0.562. The number of hydrogen-bond acceptors (Lipinski definition) is 5. The minimum atomic E-state index is -3.30. The lowest BCUT2D eigenvalue weighted by molar-refractivity contribution is -0.120. The van der Waals surface area contributed by atoms with Crippen LogP contribution >= 0.6 is 11.6 Å². The number of rotatable bonds is 6. The number of piperidine rings is 1. The first-order valence-electron chi connectivity index (χ1n) is 8.02. The lowest BCUT2D eigenvalue weighted by Gasteiger charge is -2.31. The molecule has 1 unspecified atom stereocenters. The normalized spacial score (nSPS) is 18.6. The molecule has 1 N–H and O–H groups in total. The van der Waals surface area contributed by atoms with Crippen LogP contribution in [0.15, 0.2) is 12.1 Å². The minimum absolute atomic E-state index is 0.0313. The van der Waals surface area contributed by atoms with Gasteiger partial charge in [-0.05, 0) is 19.8 Å². The molecule has 1 fully saturated rings. The highest BCUT2D eigenvalue weighted by Gasteiger charge is 2.31.